The van der Waals surface area contributed by atoms with Crippen molar-refractivity contribution in [2.24, 2.45) is 0 Å². The Kier molecular flexibility index (Phi) is 9.86. The second kappa shape index (κ2) is 11.7. The average Bonchev–Trinajstić information content (AvgIpc) is 2.56. The zero-order valence-electron chi connectivity index (χ0n) is 15.4. The number of unbranched alkanes of at least 4 members (excludes halogenated alkanes) is 3. The molecular weight excluding hydrogens is 296 g/mol. The minimum atomic E-state index is -0.0480. The summed E-state index contributed by atoms with van der Waals surface area (Å²) in [6.45, 7) is 7.49. The number of hydrogen-bond donors (Lipinski definition) is 1. The van der Waals surface area contributed by atoms with Gasteiger partial charge in [0.05, 0.1) is 5.60 Å². The van der Waals surface area contributed by atoms with Crippen molar-refractivity contribution in [2.75, 3.05) is 6.61 Å². The van der Waals surface area contributed by atoms with Gasteiger partial charge in [0.2, 0.25) is 0 Å². The molecule has 0 unspecified atom stereocenters. The SMILES string of the molecule is CCCCCCOC(C)(C)Cc1ccccc1.Oc1ccccc1. The highest BCUT2D eigenvalue weighted by Gasteiger charge is 2.18. The van der Waals surface area contributed by atoms with Gasteiger partial charge in [-0.25, -0.2) is 0 Å². The molecule has 2 heteroatoms. The first-order valence-electron chi connectivity index (χ1n) is 8.95. The topological polar surface area (TPSA) is 29.5 Å². The summed E-state index contributed by atoms with van der Waals surface area (Å²) in [5.41, 5.74) is 1.30. The van der Waals surface area contributed by atoms with Gasteiger partial charge in [-0.1, -0.05) is 74.7 Å². The largest absolute Gasteiger partial charge is 0.508 e. The Labute approximate surface area is 147 Å². The molecule has 132 valence electrons. The monoisotopic (exact) mass is 328 g/mol. The molecule has 2 aromatic rings. The standard InChI is InChI=1S/C16H26O.C6H6O/c1-4-5-6-10-13-17-16(2,3)14-15-11-8-7-9-12-15;7-6-4-2-1-3-5-6/h7-9,11-12H,4-6,10,13-14H2,1-3H3;1-5,7H. The van der Waals surface area contributed by atoms with Crippen molar-refractivity contribution in [1.29, 1.82) is 0 Å². The van der Waals surface area contributed by atoms with E-state index in [2.05, 4.69) is 51.1 Å². The molecule has 0 heterocycles. The lowest BCUT2D eigenvalue weighted by Gasteiger charge is -2.25. The van der Waals surface area contributed by atoms with Crippen LogP contribution in [0.3, 0.4) is 0 Å². The number of rotatable bonds is 8. The maximum Gasteiger partial charge on any atom is 0.115 e. The molecule has 0 aromatic heterocycles. The number of para-hydroxylation sites is 1. The first kappa shape index (κ1) is 20.2. The van der Waals surface area contributed by atoms with E-state index in [4.69, 9.17) is 9.84 Å². The predicted octanol–water partition coefficient (Wildman–Crippen LogP) is 6.00. The molecule has 0 atom stereocenters. The van der Waals surface area contributed by atoms with Crippen LogP contribution in [0.4, 0.5) is 0 Å². The number of aromatic hydroxyl groups is 1. The number of phenolic OH excluding ortho intramolecular Hbond substituents is 1. The first-order valence-corrected chi connectivity index (χ1v) is 8.95. The average molecular weight is 328 g/mol. The molecule has 0 amide bonds. The highest BCUT2D eigenvalue weighted by molar-refractivity contribution is 5.18. The number of benzene rings is 2. The van der Waals surface area contributed by atoms with Crippen LogP contribution in [0.5, 0.6) is 5.75 Å². The van der Waals surface area contributed by atoms with Crippen LogP contribution in [0.25, 0.3) is 0 Å². The van der Waals surface area contributed by atoms with E-state index < -0.39 is 0 Å². The van der Waals surface area contributed by atoms with Crippen LogP contribution in [0.2, 0.25) is 0 Å². The third-order valence-corrected chi connectivity index (χ3v) is 3.72. The highest BCUT2D eigenvalue weighted by atomic mass is 16.5. The van der Waals surface area contributed by atoms with Crippen LogP contribution in [0.1, 0.15) is 52.0 Å². The molecule has 0 saturated heterocycles. The van der Waals surface area contributed by atoms with Gasteiger partial charge in [-0.05, 0) is 38.0 Å². The molecule has 0 aliphatic rings. The van der Waals surface area contributed by atoms with Gasteiger partial charge in [0.15, 0.2) is 0 Å². The Bertz CT molecular complexity index is 520. The van der Waals surface area contributed by atoms with Gasteiger partial charge in [0, 0.05) is 13.0 Å². The van der Waals surface area contributed by atoms with Gasteiger partial charge in [-0.15, -0.1) is 0 Å². The van der Waals surface area contributed by atoms with Crippen molar-refractivity contribution in [1.82, 2.24) is 0 Å². The Hall–Kier alpha value is -1.80. The fourth-order valence-corrected chi connectivity index (χ4v) is 2.44. The van der Waals surface area contributed by atoms with Crippen molar-refractivity contribution in [3.05, 3.63) is 66.2 Å². The summed E-state index contributed by atoms with van der Waals surface area (Å²) >= 11 is 0. The fourth-order valence-electron chi connectivity index (χ4n) is 2.44. The molecule has 2 rings (SSSR count). The number of phenols is 1. The van der Waals surface area contributed by atoms with Gasteiger partial charge in [0.1, 0.15) is 5.75 Å². The number of ether oxygens (including phenoxy) is 1. The molecule has 0 bridgehead atoms. The van der Waals surface area contributed by atoms with Gasteiger partial charge in [-0.3, -0.25) is 0 Å². The summed E-state index contributed by atoms with van der Waals surface area (Å²) in [6, 6.07) is 19.3. The van der Waals surface area contributed by atoms with Crippen molar-refractivity contribution < 1.29 is 9.84 Å². The molecule has 2 nitrogen and oxygen atoms in total. The Morgan fingerprint density at radius 1 is 0.833 bits per heavy atom. The lowest BCUT2D eigenvalue weighted by atomic mass is 9.98. The van der Waals surface area contributed by atoms with Crippen molar-refractivity contribution in [3.8, 4) is 5.75 Å². The molecule has 2 aromatic carbocycles. The Morgan fingerprint density at radius 2 is 1.42 bits per heavy atom. The van der Waals surface area contributed by atoms with Gasteiger partial charge >= 0.3 is 0 Å². The van der Waals surface area contributed by atoms with E-state index in [1.165, 1.54) is 31.2 Å². The van der Waals surface area contributed by atoms with Gasteiger partial charge in [0.25, 0.3) is 0 Å². The van der Waals surface area contributed by atoms with E-state index in [0.717, 1.165) is 13.0 Å². The summed E-state index contributed by atoms with van der Waals surface area (Å²) in [4.78, 5) is 0. The van der Waals surface area contributed by atoms with E-state index >= 15 is 0 Å². The zero-order chi connectivity index (χ0) is 17.7. The fraction of sp³-hybridized carbons (Fsp3) is 0.455. The lowest BCUT2D eigenvalue weighted by Crippen LogP contribution is -2.27. The van der Waals surface area contributed by atoms with Crippen LogP contribution in [-0.2, 0) is 11.2 Å². The molecule has 0 fully saturated rings. The Balaban J connectivity index is 0.000000341. The van der Waals surface area contributed by atoms with Crippen molar-refractivity contribution in [3.63, 3.8) is 0 Å². The second-order valence-electron chi connectivity index (χ2n) is 6.67. The van der Waals surface area contributed by atoms with Gasteiger partial charge in [-0.2, -0.15) is 0 Å². The third-order valence-electron chi connectivity index (χ3n) is 3.72. The van der Waals surface area contributed by atoms with Crippen LogP contribution < -0.4 is 0 Å². The van der Waals surface area contributed by atoms with Crippen LogP contribution in [-0.4, -0.2) is 17.3 Å². The third kappa shape index (κ3) is 10.1. The lowest BCUT2D eigenvalue weighted by molar-refractivity contribution is -0.0186. The maximum absolute atomic E-state index is 8.63. The second-order valence-corrected chi connectivity index (χ2v) is 6.67. The van der Waals surface area contributed by atoms with E-state index in [1.54, 1.807) is 24.3 Å². The number of hydrogen-bond acceptors (Lipinski definition) is 2. The van der Waals surface area contributed by atoms with Crippen molar-refractivity contribution in [2.45, 2.75) is 58.5 Å². The minimum Gasteiger partial charge on any atom is -0.508 e. The molecule has 0 saturated carbocycles. The van der Waals surface area contributed by atoms with Crippen LogP contribution >= 0.6 is 0 Å². The molecule has 0 radical (unpaired) electrons. The summed E-state index contributed by atoms with van der Waals surface area (Å²) in [7, 11) is 0. The minimum absolute atomic E-state index is 0.0480. The summed E-state index contributed by atoms with van der Waals surface area (Å²) < 4.78 is 5.98. The van der Waals surface area contributed by atoms with Crippen molar-refractivity contribution >= 4 is 0 Å². The molecular formula is C22H32O2. The normalized spacial score (nSPS) is 10.8. The molecule has 0 spiro atoms. The van der Waals surface area contributed by atoms with E-state index in [1.807, 2.05) is 6.07 Å². The van der Waals surface area contributed by atoms with E-state index in [9.17, 15) is 0 Å². The Morgan fingerprint density at radius 3 is 1.92 bits per heavy atom. The summed E-state index contributed by atoms with van der Waals surface area (Å²) in [5.74, 6) is 0.322. The molecule has 0 aliphatic heterocycles. The van der Waals surface area contributed by atoms with Gasteiger partial charge < -0.3 is 9.84 Å². The molecule has 24 heavy (non-hydrogen) atoms. The van der Waals surface area contributed by atoms with E-state index in [0.29, 0.717) is 5.75 Å². The van der Waals surface area contributed by atoms with Crippen LogP contribution in [0, 0.1) is 0 Å². The smallest absolute Gasteiger partial charge is 0.115 e. The first-order chi connectivity index (χ1) is 11.5. The molecule has 1 N–H and O–H groups in total. The maximum atomic E-state index is 8.63. The quantitative estimate of drug-likeness (QED) is 0.602. The van der Waals surface area contributed by atoms with E-state index in [-0.39, 0.29) is 5.60 Å². The predicted molar refractivity (Wildman–Crippen MR) is 102 cm³/mol. The highest BCUT2D eigenvalue weighted by Crippen LogP contribution is 2.17. The molecule has 0 aliphatic carbocycles. The zero-order valence-corrected chi connectivity index (χ0v) is 15.4. The van der Waals surface area contributed by atoms with Crippen LogP contribution in [0.15, 0.2) is 60.7 Å². The summed E-state index contributed by atoms with van der Waals surface area (Å²) in [5, 5.41) is 8.63. The summed E-state index contributed by atoms with van der Waals surface area (Å²) in [6.07, 6.45) is 6.07.